The van der Waals surface area contributed by atoms with Gasteiger partial charge in [0.1, 0.15) is 16.3 Å². The molecular weight excluding hydrogens is 396 g/mol. The van der Waals surface area contributed by atoms with Gasteiger partial charge >= 0.3 is 0 Å². The number of aryl methyl sites for hydroxylation is 2. The SMILES string of the molecule is Cc1csc(-c2cnn(C)c2C(=O)Nc2ccn3cc(-c4ccccc4)nc3c2)n1. The number of rotatable bonds is 4. The van der Waals surface area contributed by atoms with Gasteiger partial charge in [-0.1, -0.05) is 30.3 Å². The fraction of sp³-hybridized carbons (Fsp3) is 0.0909. The van der Waals surface area contributed by atoms with Crippen LogP contribution in [-0.2, 0) is 7.05 Å². The third-order valence-electron chi connectivity index (χ3n) is 4.79. The Bertz CT molecular complexity index is 1370. The maximum Gasteiger partial charge on any atom is 0.274 e. The molecule has 0 aliphatic rings. The van der Waals surface area contributed by atoms with Crippen molar-refractivity contribution in [3.63, 3.8) is 0 Å². The lowest BCUT2D eigenvalue weighted by Gasteiger charge is -2.07. The van der Waals surface area contributed by atoms with Crippen LogP contribution in [0.5, 0.6) is 0 Å². The normalized spacial score (nSPS) is 11.1. The summed E-state index contributed by atoms with van der Waals surface area (Å²) < 4.78 is 3.51. The van der Waals surface area contributed by atoms with Crippen LogP contribution in [0.2, 0.25) is 0 Å². The smallest absolute Gasteiger partial charge is 0.274 e. The lowest BCUT2D eigenvalue weighted by atomic mass is 10.2. The van der Waals surface area contributed by atoms with E-state index in [4.69, 9.17) is 0 Å². The van der Waals surface area contributed by atoms with Gasteiger partial charge in [-0.25, -0.2) is 9.97 Å². The summed E-state index contributed by atoms with van der Waals surface area (Å²) in [6.07, 6.45) is 5.54. The first-order valence-electron chi connectivity index (χ1n) is 9.38. The standard InChI is InChI=1S/C22H18N6OS/c1-14-13-30-22(24-14)17-11-23-27(2)20(17)21(29)25-16-8-9-28-12-18(26-19(28)10-16)15-6-4-3-5-7-15/h3-13H,1-2H3,(H,25,29). The van der Waals surface area contributed by atoms with Crippen LogP contribution in [0.4, 0.5) is 5.69 Å². The van der Waals surface area contributed by atoms with Gasteiger partial charge in [-0.3, -0.25) is 9.48 Å². The number of pyridine rings is 1. The fourth-order valence-corrected chi connectivity index (χ4v) is 4.15. The number of carbonyl (C=O) groups is 1. The van der Waals surface area contributed by atoms with Crippen LogP contribution >= 0.6 is 11.3 Å². The third kappa shape index (κ3) is 3.27. The predicted molar refractivity (Wildman–Crippen MR) is 118 cm³/mol. The summed E-state index contributed by atoms with van der Waals surface area (Å²) in [4.78, 5) is 22.2. The molecule has 0 atom stereocenters. The van der Waals surface area contributed by atoms with E-state index < -0.39 is 0 Å². The summed E-state index contributed by atoms with van der Waals surface area (Å²) in [5, 5.41) is 9.96. The number of thiazole rings is 1. The zero-order chi connectivity index (χ0) is 20.7. The van der Waals surface area contributed by atoms with E-state index >= 15 is 0 Å². The van der Waals surface area contributed by atoms with Crippen LogP contribution in [0.3, 0.4) is 0 Å². The molecule has 0 unspecified atom stereocenters. The number of hydrogen-bond acceptors (Lipinski definition) is 5. The lowest BCUT2D eigenvalue weighted by Crippen LogP contribution is -2.17. The van der Waals surface area contributed by atoms with E-state index in [9.17, 15) is 4.79 Å². The molecule has 8 heteroatoms. The fourth-order valence-electron chi connectivity index (χ4n) is 3.34. The molecule has 0 saturated heterocycles. The molecule has 1 aromatic carbocycles. The van der Waals surface area contributed by atoms with Gasteiger partial charge in [-0.2, -0.15) is 5.10 Å². The first kappa shape index (κ1) is 18.3. The Morgan fingerprint density at radius 3 is 2.73 bits per heavy atom. The minimum absolute atomic E-state index is 0.239. The Morgan fingerprint density at radius 2 is 1.97 bits per heavy atom. The molecule has 4 aromatic heterocycles. The van der Waals surface area contributed by atoms with Crippen molar-refractivity contribution >= 4 is 28.6 Å². The number of hydrogen-bond donors (Lipinski definition) is 1. The molecule has 0 radical (unpaired) electrons. The molecule has 7 nitrogen and oxygen atoms in total. The van der Waals surface area contributed by atoms with Crippen molar-refractivity contribution in [2.45, 2.75) is 6.92 Å². The molecule has 0 aliphatic carbocycles. The second kappa shape index (κ2) is 7.23. The summed E-state index contributed by atoms with van der Waals surface area (Å²) in [6, 6.07) is 13.7. The molecular formula is C22H18N6OS. The first-order chi connectivity index (χ1) is 14.6. The van der Waals surface area contributed by atoms with Gasteiger partial charge in [0.05, 0.1) is 17.5 Å². The number of anilines is 1. The van der Waals surface area contributed by atoms with Crippen molar-refractivity contribution in [2.24, 2.45) is 7.05 Å². The van der Waals surface area contributed by atoms with Gasteiger partial charge in [0.25, 0.3) is 5.91 Å². The van der Waals surface area contributed by atoms with Crippen LogP contribution in [-0.4, -0.2) is 30.1 Å². The number of amides is 1. The number of fused-ring (bicyclic) bond motifs is 1. The van der Waals surface area contributed by atoms with Crippen molar-refractivity contribution in [1.29, 1.82) is 0 Å². The molecule has 30 heavy (non-hydrogen) atoms. The van der Waals surface area contributed by atoms with Crippen LogP contribution < -0.4 is 5.32 Å². The Kier molecular flexibility index (Phi) is 4.40. The van der Waals surface area contributed by atoms with E-state index in [1.807, 2.05) is 71.6 Å². The van der Waals surface area contributed by atoms with E-state index in [2.05, 4.69) is 20.4 Å². The molecule has 1 N–H and O–H groups in total. The van der Waals surface area contributed by atoms with E-state index in [0.717, 1.165) is 33.2 Å². The largest absolute Gasteiger partial charge is 0.320 e. The minimum atomic E-state index is -0.239. The van der Waals surface area contributed by atoms with E-state index in [1.54, 1.807) is 17.9 Å². The zero-order valence-electron chi connectivity index (χ0n) is 16.4. The second-order valence-electron chi connectivity index (χ2n) is 6.95. The van der Waals surface area contributed by atoms with Crippen molar-refractivity contribution < 1.29 is 4.79 Å². The van der Waals surface area contributed by atoms with Crippen LogP contribution in [0.25, 0.3) is 27.5 Å². The average Bonchev–Trinajstić information content (AvgIpc) is 3.46. The highest BCUT2D eigenvalue weighted by atomic mass is 32.1. The molecule has 5 aromatic rings. The predicted octanol–water partition coefficient (Wildman–Crippen LogP) is 4.42. The van der Waals surface area contributed by atoms with Crippen LogP contribution in [0.1, 0.15) is 16.2 Å². The topological polar surface area (TPSA) is 77.1 Å². The average molecular weight is 414 g/mol. The molecule has 0 saturated carbocycles. The Balaban J connectivity index is 1.45. The molecule has 5 rings (SSSR count). The highest BCUT2D eigenvalue weighted by Gasteiger charge is 2.20. The number of carbonyl (C=O) groups excluding carboxylic acids is 1. The van der Waals surface area contributed by atoms with Crippen molar-refractivity contribution in [3.8, 4) is 21.8 Å². The van der Waals surface area contributed by atoms with Gasteiger partial charge in [0.15, 0.2) is 0 Å². The van der Waals surface area contributed by atoms with Crippen LogP contribution in [0, 0.1) is 6.92 Å². The number of nitrogens with zero attached hydrogens (tertiary/aromatic N) is 5. The molecule has 0 fully saturated rings. The molecule has 4 heterocycles. The Labute approximate surface area is 176 Å². The molecule has 148 valence electrons. The van der Waals surface area contributed by atoms with Gasteiger partial charge in [-0.05, 0) is 13.0 Å². The van der Waals surface area contributed by atoms with Gasteiger partial charge in [-0.15, -0.1) is 11.3 Å². The first-order valence-corrected chi connectivity index (χ1v) is 10.3. The summed E-state index contributed by atoms with van der Waals surface area (Å²) in [7, 11) is 1.75. The number of aromatic nitrogens is 5. The van der Waals surface area contributed by atoms with Crippen molar-refractivity contribution in [2.75, 3.05) is 5.32 Å². The quantitative estimate of drug-likeness (QED) is 0.472. The minimum Gasteiger partial charge on any atom is -0.320 e. The molecule has 0 aliphatic heterocycles. The van der Waals surface area contributed by atoms with E-state index in [-0.39, 0.29) is 5.91 Å². The van der Waals surface area contributed by atoms with Crippen molar-refractivity contribution in [3.05, 3.63) is 77.8 Å². The number of benzene rings is 1. The summed E-state index contributed by atoms with van der Waals surface area (Å²) in [5.74, 6) is -0.239. The highest BCUT2D eigenvalue weighted by molar-refractivity contribution is 7.13. The Morgan fingerprint density at radius 1 is 1.13 bits per heavy atom. The third-order valence-corrected chi connectivity index (χ3v) is 5.78. The second-order valence-corrected chi connectivity index (χ2v) is 7.81. The van der Waals surface area contributed by atoms with Gasteiger partial charge in [0.2, 0.25) is 0 Å². The van der Waals surface area contributed by atoms with E-state index in [0.29, 0.717) is 11.4 Å². The Hall–Kier alpha value is -3.78. The highest BCUT2D eigenvalue weighted by Crippen LogP contribution is 2.27. The zero-order valence-corrected chi connectivity index (χ0v) is 17.2. The monoisotopic (exact) mass is 414 g/mol. The van der Waals surface area contributed by atoms with Gasteiger partial charge in [0, 0.05) is 47.8 Å². The van der Waals surface area contributed by atoms with Crippen molar-refractivity contribution in [1.82, 2.24) is 24.1 Å². The molecule has 0 bridgehead atoms. The number of imidazole rings is 1. The van der Waals surface area contributed by atoms with E-state index in [1.165, 1.54) is 11.3 Å². The van der Waals surface area contributed by atoms with Crippen LogP contribution in [0.15, 0.2) is 66.4 Å². The molecule has 1 amide bonds. The summed E-state index contributed by atoms with van der Waals surface area (Å²) >= 11 is 1.50. The lowest BCUT2D eigenvalue weighted by molar-refractivity contribution is 0.101. The van der Waals surface area contributed by atoms with Gasteiger partial charge < -0.3 is 9.72 Å². The molecule has 0 spiro atoms. The summed E-state index contributed by atoms with van der Waals surface area (Å²) in [6.45, 7) is 1.93. The summed E-state index contributed by atoms with van der Waals surface area (Å²) in [5.41, 5.74) is 5.47. The maximum atomic E-state index is 13.0. The maximum absolute atomic E-state index is 13.0. The number of nitrogens with one attached hydrogen (secondary N) is 1.